The van der Waals surface area contributed by atoms with Gasteiger partial charge in [-0.1, -0.05) is 55.3 Å². The van der Waals surface area contributed by atoms with E-state index in [1.807, 2.05) is 25.1 Å². The Bertz CT molecular complexity index is 606. The van der Waals surface area contributed by atoms with Crippen molar-refractivity contribution in [1.82, 2.24) is 15.5 Å². The maximum atomic E-state index is 5.68. The molecule has 1 aliphatic carbocycles. The summed E-state index contributed by atoms with van der Waals surface area (Å²) >= 11 is 0. The molecule has 1 unspecified atom stereocenters. The second-order valence-electron chi connectivity index (χ2n) is 6.17. The lowest BCUT2D eigenvalue weighted by Crippen LogP contribution is -2.43. The van der Waals surface area contributed by atoms with Crippen molar-refractivity contribution < 1.29 is 9.26 Å². The van der Waals surface area contributed by atoms with Gasteiger partial charge in [-0.3, -0.25) is 0 Å². The molecule has 0 amide bonds. The molecule has 1 heterocycles. The van der Waals surface area contributed by atoms with Gasteiger partial charge in [0.1, 0.15) is 0 Å². The van der Waals surface area contributed by atoms with Gasteiger partial charge in [-0.25, -0.2) is 0 Å². The number of aryl methyl sites for hydroxylation is 1. The molecule has 5 heteroatoms. The summed E-state index contributed by atoms with van der Waals surface area (Å²) in [6.07, 6.45) is 5.25. The molecule has 23 heavy (non-hydrogen) atoms. The molecule has 0 spiro atoms. The number of ether oxygens (including phenoxy) is 1. The van der Waals surface area contributed by atoms with E-state index in [9.17, 15) is 0 Å². The first-order valence-electron chi connectivity index (χ1n) is 8.43. The van der Waals surface area contributed by atoms with E-state index in [0.29, 0.717) is 5.89 Å². The van der Waals surface area contributed by atoms with Gasteiger partial charge < -0.3 is 14.6 Å². The first-order valence-corrected chi connectivity index (χ1v) is 8.43. The Hall–Kier alpha value is -1.72. The van der Waals surface area contributed by atoms with Gasteiger partial charge in [0.05, 0.1) is 11.6 Å². The third kappa shape index (κ3) is 3.46. The molecule has 1 atom stereocenters. The van der Waals surface area contributed by atoms with Crippen LogP contribution in [-0.2, 0) is 16.7 Å². The molecular formula is C18H25N3O2. The Morgan fingerprint density at radius 3 is 2.61 bits per heavy atom. The summed E-state index contributed by atoms with van der Waals surface area (Å²) in [6.45, 7) is 2.76. The van der Waals surface area contributed by atoms with Crippen LogP contribution >= 0.6 is 0 Å². The predicted molar refractivity (Wildman–Crippen MR) is 88.0 cm³/mol. The van der Waals surface area contributed by atoms with Crippen LogP contribution < -0.4 is 5.32 Å². The minimum Gasteiger partial charge on any atom is -0.375 e. The van der Waals surface area contributed by atoms with Crippen molar-refractivity contribution in [2.24, 2.45) is 0 Å². The van der Waals surface area contributed by atoms with E-state index in [1.54, 1.807) is 7.11 Å². The van der Waals surface area contributed by atoms with Gasteiger partial charge in [0.15, 0.2) is 5.82 Å². The minimum atomic E-state index is -0.178. The van der Waals surface area contributed by atoms with E-state index in [2.05, 4.69) is 27.6 Å². The Morgan fingerprint density at radius 1 is 1.26 bits per heavy atom. The molecule has 0 bridgehead atoms. The molecule has 0 saturated heterocycles. The average molecular weight is 315 g/mol. The monoisotopic (exact) mass is 315 g/mol. The van der Waals surface area contributed by atoms with Crippen LogP contribution in [0.25, 0.3) is 0 Å². The minimum absolute atomic E-state index is 0.0196. The Balaban J connectivity index is 1.74. The van der Waals surface area contributed by atoms with Gasteiger partial charge in [0.2, 0.25) is 5.89 Å². The number of methoxy groups -OCH3 is 1. The van der Waals surface area contributed by atoms with E-state index in [4.69, 9.17) is 9.26 Å². The van der Waals surface area contributed by atoms with Gasteiger partial charge in [0, 0.05) is 20.1 Å². The van der Waals surface area contributed by atoms with E-state index in [0.717, 1.165) is 31.6 Å². The van der Waals surface area contributed by atoms with Crippen LogP contribution in [0.1, 0.15) is 56.0 Å². The average Bonchev–Trinajstić information content (AvgIpc) is 3.26. The summed E-state index contributed by atoms with van der Waals surface area (Å²) in [6, 6.07) is 10.3. The highest BCUT2D eigenvalue weighted by atomic mass is 16.5. The van der Waals surface area contributed by atoms with Gasteiger partial charge in [-0.15, -0.1) is 0 Å². The zero-order valence-electron chi connectivity index (χ0n) is 13.9. The fourth-order valence-corrected chi connectivity index (χ4v) is 3.34. The Morgan fingerprint density at radius 2 is 2.00 bits per heavy atom. The van der Waals surface area contributed by atoms with Crippen LogP contribution in [-0.4, -0.2) is 23.8 Å². The third-order valence-corrected chi connectivity index (χ3v) is 4.74. The van der Waals surface area contributed by atoms with Crippen molar-refractivity contribution in [1.29, 1.82) is 0 Å². The van der Waals surface area contributed by atoms with Crippen LogP contribution in [0.3, 0.4) is 0 Å². The van der Waals surface area contributed by atoms with Crippen molar-refractivity contribution in [2.45, 2.75) is 50.7 Å². The molecular weight excluding hydrogens is 290 g/mol. The van der Waals surface area contributed by atoms with E-state index >= 15 is 0 Å². The normalized spacial score (nSPS) is 18.2. The van der Waals surface area contributed by atoms with Crippen molar-refractivity contribution >= 4 is 0 Å². The zero-order chi connectivity index (χ0) is 16.1. The van der Waals surface area contributed by atoms with Gasteiger partial charge in [-0.2, -0.15) is 4.98 Å². The van der Waals surface area contributed by atoms with Crippen molar-refractivity contribution in [3.63, 3.8) is 0 Å². The van der Waals surface area contributed by atoms with Gasteiger partial charge in [-0.05, 0) is 18.4 Å². The van der Waals surface area contributed by atoms with Crippen LogP contribution in [0.2, 0.25) is 0 Å². The standard InChI is InChI=1S/C18H25N3O2/c1-3-16-20-17(21-23-16)18(11-7-8-12-18)19-13-15(22-2)14-9-5-4-6-10-14/h4-6,9-10,15,19H,3,7-8,11-13H2,1-2H3. The summed E-state index contributed by atoms with van der Waals surface area (Å²) in [5.74, 6) is 1.51. The summed E-state index contributed by atoms with van der Waals surface area (Å²) < 4.78 is 11.0. The van der Waals surface area contributed by atoms with Crippen molar-refractivity contribution in [3.05, 3.63) is 47.6 Å². The maximum absolute atomic E-state index is 5.68. The topological polar surface area (TPSA) is 60.2 Å². The van der Waals surface area contributed by atoms with Crippen molar-refractivity contribution in [3.8, 4) is 0 Å². The molecule has 3 rings (SSSR count). The molecule has 1 aromatic carbocycles. The molecule has 0 radical (unpaired) electrons. The zero-order valence-corrected chi connectivity index (χ0v) is 13.9. The SMILES string of the molecule is CCc1nc(C2(NCC(OC)c3ccccc3)CCCC2)no1. The summed E-state index contributed by atoms with van der Waals surface area (Å²) in [7, 11) is 1.75. The summed E-state index contributed by atoms with van der Waals surface area (Å²) in [5, 5.41) is 7.92. The number of hydrogen-bond acceptors (Lipinski definition) is 5. The molecule has 1 saturated carbocycles. The summed E-state index contributed by atoms with van der Waals surface area (Å²) in [5.41, 5.74) is 1.00. The highest BCUT2D eigenvalue weighted by Crippen LogP contribution is 2.37. The number of nitrogens with one attached hydrogen (secondary N) is 1. The highest BCUT2D eigenvalue weighted by molar-refractivity contribution is 5.18. The predicted octanol–water partition coefficient (Wildman–Crippen LogP) is 3.38. The molecule has 1 aliphatic rings. The first-order chi connectivity index (χ1) is 11.3. The third-order valence-electron chi connectivity index (χ3n) is 4.74. The molecule has 2 aromatic rings. The van der Waals surface area contributed by atoms with E-state index in [1.165, 1.54) is 18.4 Å². The number of nitrogens with zero attached hydrogens (tertiary/aromatic N) is 2. The van der Waals surface area contributed by atoms with Crippen LogP contribution in [0.5, 0.6) is 0 Å². The lowest BCUT2D eigenvalue weighted by Gasteiger charge is -2.29. The summed E-state index contributed by atoms with van der Waals surface area (Å²) in [4.78, 5) is 4.58. The molecule has 1 N–H and O–H groups in total. The van der Waals surface area contributed by atoms with Crippen LogP contribution in [0.15, 0.2) is 34.9 Å². The smallest absolute Gasteiger partial charge is 0.226 e. The molecule has 5 nitrogen and oxygen atoms in total. The molecule has 124 valence electrons. The molecule has 0 aliphatic heterocycles. The largest absolute Gasteiger partial charge is 0.375 e. The van der Waals surface area contributed by atoms with Gasteiger partial charge in [0.25, 0.3) is 0 Å². The number of hydrogen-bond donors (Lipinski definition) is 1. The first kappa shape index (κ1) is 16.1. The second-order valence-corrected chi connectivity index (χ2v) is 6.17. The van der Waals surface area contributed by atoms with E-state index < -0.39 is 0 Å². The second kappa shape index (κ2) is 7.23. The Labute approximate surface area is 137 Å². The molecule has 1 fully saturated rings. The number of rotatable bonds is 7. The fourth-order valence-electron chi connectivity index (χ4n) is 3.34. The lowest BCUT2D eigenvalue weighted by molar-refractivity contribution is 0.0908. The maximum Gasteiger partial charge on any atom is 0.226 e. The quantitative estimate of drug-likeness (QED) is 0.849. The lowest BCUT2D eigenvalue weighted by atomic mass is 9.95. The Kier molecular flexibility index (Phi) is 5.08. The van der Waals surface area contributed by atoms with Gasteiger partial charge >= 0.3 is 0 Å². The van der Waals surface area contributed by atoms with Crippen molar-refractivity contribution in [2.75, 3.05) is 13.7 Å². The van der Waals surface area contributed by atoms with Crippen LogP contribution in [0.4, 0.5) is 0 Å². The van der Waals surface area contributed by atoms with Crippen LogP contribution in [0, 0.1) is 0 Å². The fraction of sp³-hybridized carbons (Fsp3) is 0.556. The number of benzene rings is 1. The molecule has 1 aromatic heterocycles. The van der Waals surface area contributed by atoms with E-state index in [-0.39, 0.29) is 11.6 Å². The highest BCUT2D eigenvalue weighted by Gasteiger charge is 2.40. The number of aromatic nitrogens is 2.